The zero-order valence-electron chi connectivity index (χ0n) is 16.8. The van der Waals surface area contributed by atoms with Crippen LogP contribution in [0.3, 0.4) is 0 Å². The molecule has 2 aromatic carbocycles. The van der Waals surface area contributed by atoms with Crippen molar-refractivity contribution in [3.05, 3.63) is 71.3 Å². The number of benzene rings is 2. The highest BCUT2D eigenvalue weighted by Gasteiger charge is 2.20. The molecule has 4 aromatic rings. The van der Waals surface area contributed by atoms with Gasteiger partial charge < -0.3 is 9.67 Å². The lowest BCUT2D eigenvalue weighted by atomic mass is 9.98. The van der Waals surface area contributed by atoms with Crippen LogP contribution in [0.5, 0.6) is 0 Å². The van der Waals surface area contributed by atoms with Crippen molar-refractivity contribution in [3.8, 4) is 22.5 Å². The second-order valence-electron chi connectivity index (χ2n) is 7.08. The molecule has 2 N–H and O–H groups in total. The van der Waals surface area contributed by atoms with Gasteiger partial charge in [0.1, 0.15) is 5.82 Å². The fourth-order valence-electron chi connectivity index (χ4n) is 3.66. The van der Waals surface area contributed by atoms with E-state index < -0.39 is 5.97 Å². The first-order valence-corrected chi connectivity index (χ1v) is 9.80. The summed E-state index contributed by atoms with van der Waals surface area (Å²) in [4.78, 5) is 16.2. The number of aromatic amines is 1. The summed E-state index contributed by atoms with van der Waals surface area (Å²) in [6.45, 7) is 4.27. The molecule has 0 aliphatic heterocycles. The van der Waals surface area contributed by atoms with Gasteiger partial charge in [-0.05, 0) is 35.2 Å². The maximum Gasteiger partial charge on any atom is 0.354 e. The van der Waals surface area contributed by atoms with Crippen LogP contribution in [0.2, 0.25) is 0 Å². The first-order chi connectivity index (χ1) is 14.6. The van der Waals surface area contributed by atoms with E-state index in [1.54, 1.807) is 6.92 Å². The van der Waals surface area contributed by atoms with Gasteiger partial charge >= 0.3 is 5.97 Å². The molecule has 0 atom stereocenters. The van der Waals surface area contributed by atoms with Crippen molar-refractivity contribution < 1.29 is 9.90 Å². The molecule has 0 fully saturated rings. The van der Waals surface area contributed by atoms with Crippen LogP contribution in [0.1, 0.15) is 40.9 Å². The predicted octanol–water partition coefficient (Wildman–Crippen LogP) is 3.74. The van der Waals surface area contributed by atoms with Gasteiger partial charge in [-0.3, -0.25) is 0 Å². The van der Waals surface area contributed by atoms with Crippen molar-refractivity contribution >= 4 is 5.97 Å². The van der Waals surface area contributed by atoms with E-state index in [2.05, 4.69) is 32.5 Å². The quantitative estimate of drug-likeness (QED) is 0.487. The van der Waals surface area contributed by atoms with Crippen LogP contribution >= 0.6 is 0 Å². The molecule has 0 bridgehead atoms. The second-order valence-corrected chi connectivity index (χ2v) is 7.08. The number of aromatic carboxylic acids is 1. The highest BCUT2D eigenvalue weighted by atomic mass is 16.4. The number of tetrazole rings is 1. The molecular formula is C22H22N6O2. The van der Waals surface area contributed by atoms with Gasteiger partial charge in [-0.15, -0.1) is 10.2 Å². The number of carboxylic acid groups (broad SMARTS) is 1. The Morgan fingerprint density at radius 2 is 1.83 bits per heavy atom. The molecule has 8 nitrogen and oxygen atoms in total. The lowest BCUT2D eigenvalue weighted by Crippen LogP contribution is -2.13. The van der Waals surface area contributed by atoms with E-state index in [9.17, 15) is 9.90 Å². The molecule has 2 aromatic heterocycles. The molecule has 2 heterocycles. The summed E-state index contributed by atoms with van der Waals surface area (Å²) in [5, 5.41) is 24.0. The molecule has 4 rings (SSSR count). The van der Waals surface area contributed by atoms with Crippen molar-refractivity contribution in [1.29, 1.82) is 0 Å². The van der Waals surface area contributed by atoms with E-state index in [-0.39, 0.29) is 5.69 Å². The van der Waals surface area contributed by atoms with Crippen LogP contribution in [0.25, 0.3) is 22.5 Å². The molecule has 30 heavy (non-hydrogen) atoms. The number of carboxylic acids is 1. The van der Waals surface area contributed by atoms with E-state index in [0.29, 0.717) is 18.1 Å². The zero-order valence-corrected chi connectivity index (χ0v) is 16.8. The van der Waals surface area contributed by atoms with Gasteiger partial charge in [0.2, 0.25) is 5.82 Å². The van der Waals surface area contributed by atoms with Gasteiger partial charge in [-0.1, -0.05) is 55.5 Å². The molecule has 0 saturated heterocycles. The summed E-state index contributed by atoms with van der Waals surface area (Å²) in [5.41, 5.74) is 4.73. The lowest BCUT2D eigenvalue weighted by molar-refractivity contribution is 0.0684. The molecule has 0 radical (unpaired) electrons. The second kappa shape index (κ2) is 8.28. The van der Waals surface area contributed by atoms with Gasteiger partial charge in [-0.2, -0.15) is 5.21 Å². The maximum atomic E-state index is 11.8. The van der Waals surface area contributed by atoms with E-state index in [1.807, 2.05) is 53.1 Å². The Hall–Kier alpha value is -3.81. The zero-order chi connectivity index (χ0) is 21.1. The van der Waals surface area contributed by atoms with Crippen LogP contribution in [0, 0.1) is 6.92 Å². The van der Waals surface area contributed by atoms with Crippen molar-refractivity contribution in [2.75, 3.05) is 0 Å². The molecule has 0 saturated carbocycles. The van der Waals surface area contributed by atoms with Gasteiger partial charge in [-0.25, -0.2) is 9.78 Å². The summed E-state index contributed by atoms with van der Waals surface area (Å²) in [5.74, 6) is 0.394. The normalized spacial score (nSPS) is 11.0. The number of imidazole rings is 1. The number of carbonyl (C=O) groups is 1. The maximum absolute atomic E-state index is 11.8. The Morgan fingerprint density at radius 3 is 2.47 bits per heavy atom. The average molecular weight is 402 g/mol. The minimum absolute atomic E-state index is 0.255. The Bertz CT molecular complexity index is 1160. The van der Waals surface area contributed by atoms with Crippen molar-refractivity contribution in [2.45, 2.75) is 33.2 Å². The van der Waals surface area contributed by atoms with Crippen molar-refractivity contribution in [3.63, 3.8) is 0 Å². The van der Waals surface area contributed by atoms with Crippen LogP contribution in [-0.2, 0) is 13.0 Å². The average Bonchev–Trinajstić information content (AvgIpc) is 3.37. The summed E-state index contributed by atoms with van der Waals surface area (Å²) in [6.07, 6.45) is 1.64. The summed E-state index contributed by atoms with van der Waals surface area (Å²) < 4.78 is 1.81. The molecule has 0 aliphatic carbocycles. The van der Waals surface area contributed by atoms with E-state index >= 15 is 0 Å². The van der Waals surface area contributed by atoms with Gasteiger partial charge in [0, 0.05) is 18.5 Å². The standard InChI is InChI=1S/C22H22N6O2/c1-3-6-19-23-14(2)20(22(29)30)28(19)13-15-9-11-16(12-10-15)17-7-4-5-8-18(17)21-24-26-27-25-21/h4-5,7-12H,3,6,13H2,1-2H3,(H,29,30)(H,24,25,26,27). The van der Waals surface area contributed by atoms with Gasteiger partial charge in [0.05, 0.1) is 5.69 Å². The Kier molecular flexibility index (Phi) is 5.38. The number of nitrogens with one attached hydrogen (secondary N) is 1. The van der Waals surface area contributed by atoms with Crippen molar-refractivity contribution in [2.24, 2.45) is 0 Å². The number of aromatic nitrogens is 6. The van der Waals surface area contributed by atoms with Crippen LogP contribution in [-0.4, -0.2) is 41.3 Å². The fraction of sp³-hybridized carbons (Fsp3) is 0.227. The van der Waals surface area contributed by atoms with E-state index in [4.69, 9.17) is 0 Å². The topological polar surface area (TPSA) is 110 Å². The lowest BCUT2D eigenvalue weighted by Gasteiger charge is -2.12. The minimum Gasteiger partial charge on any atom is -0.477 e. The first-order valence-electron chi connectivity index (χ1n) is 9.80. The van der Waals surface area contributed by atoms with Crippen LogP contribution in [0.4, 0.5) is 0 Å². The molecule has 8 heteroatoms. The van der Waals surface area contributed by atoms with Gasteiger partial charge in [0.15, 0.2) is 5.69 Å². The molecule has 0 aliphatic rings. The summed E-state index contributed by atoms with van der Waals surface area (Å²) >= 11 is 0. The predicted molar refractivity (Wildman–Crippen MR) is 112 cm³/mol. The third kappa shape index (κ3) is 3.71. The molecule has 0 unspecified atom stereocenters. The summed E-state index contributed by atoms with van der Waals surface area (Å²) in [7, 11) is 0. The third-order valence-electron chi connectivity index (χ3n) is 5.02. The van der Waals surface area contributed by atoms with Crippen LogP contribution in [0.15, 0.2) is 48.5 Å². The monoisotopic (exact) mass is 402 g/mol. The Balaban J connectivity index is 1.66. The third-order valence-corrected chi connectivity index (χ3v) is 5.02. The highest BCUT2D eigenvalue weighted by molar-refractivity contribution is 5.87. The highest BCUT2D eigenvalue weighted by Crippen LogP contribution is 2.30. The summed E-state index contributed by atoms with van der Waals surface area (Å²) in [6, 6.07) is 16.0. The Labute approximate surface area is 173 Å². The number of H-pyrrole nitrogens is 1. The molecule has 152 valence electrons. The first kappa shape index (κ1) is 19.5. The number of rotatable bonds is 7. The van der Waals surface area contributed by atoms with E-state index in [0.717, 1.165) is 40.9 Å². The van der Waals surface area contributed by atoms with Crippen LogP contribution < -0.4 is 0 Å². The van der Waals surface area contributed by atoms with E-state index in [1.165, 1.54) is 0 Å². The van der Waals surface area contributed by atoms with Crippen molar-refractivity contribution in [1.82, 2.24) is 30.2 Å². The smallest absolute Gasteiger partial charge is 0.354 e. The number of hydrogen-bond donors (Lipinski definition) is 2. The number of hydrogen-bond acceptors (Lipinski definition) is 5. The largest absolute Gasteiger partial charge is 0.477 e. The minimum atomic E-state index is -0.951. The Morgan fingerprint density at radius 1 is 1.10 bits per heavy atom. The van der Waals surface area contributed by atoms with Gasteiger partial charge in [0.25, 0.3) is 0 Å². The number of nitrogens with zero attached hydrogens (tertiary/aromatic N) is 5. The SMILES string of the molecule is CCCc1nc(C)c(C(=O)O)n1Cc1ccc(-c2ccccc2-c2nn[nH]n2)cc1. The molecule has 0 spiro atoms. The fourth-order valence-corrected chi connectivity index (χ4v) is 3.66. The molecular weight excluding hydrogens is 380 g/mol. The molecule has 0 amide bonds. The number of aryl methyl sites for hydroxylation is 2.